The molecule has 0 bridgehead atoms. The number of benzene rings is 1. The first-order chi connectivity index (χ1) is 15.0. The third kappa shape index (κ3) is 6.99. The summed E-state index contributed by atoms with van der Waals surface area (Å²) in [5.41, 5.74) is 0. The lowest BCUT2D eigenvalue weighted by atomic mass is 9.87. The number of carboxylic acids is 1. The van der Waals surface area contributed by atoms with Gasteiger partial charge in [0, 0.05) is 16.4 Å². The summed E-state index contributed by atoms with van der Waals surface area (Å²) in [7, 11) is 0. The molecule has 5 nitrogen and oxygen atoms in total. The average Bonchev–Trinajstić information content (AvgIpc) is 3.08. The number of aliphatic hydroxyl groups is 2. The topological polar surface area (TPSA) is 87.0 Å². The van der Waals surface area contributed by atoms with Crippen LogP contribution in [-0.2, 0) is 4.79 Å². The fourth-order valence-corrected chi connectivity index (χ4v) is 6.82. The van der Waals surface area contributed by atoms with Gasteiger partial charge >= 0.3 is 5.97 Å². The van der Waals surface area contributed by atoms with E-state index in [1.165, 1.54) is 0 Å². The zero-order chi connectivity index (χ0) is 22.2. The van der Waals surface area contributed by atoms with Gasteiger partial charge in [0.05, 0.1) is 12.0 Å². The van der Waals surface area contributed by atoms with Crippen LogP contribution in [0.5, 0.6) is 5.75 Å². The molecule has 2 fully saturated rings. The van der Waals surface area contributed by atoms with Crippen molar-refractivity contribution in [3.8, 4) is 5.75 Å². The van der Waals surface area contributed by atoms with E-state index in [4.69, 9.17) is 4.74 Å². The van der Waals surface area contributed by atoms with Crippen LogP contribution in [0.3, 0.4) is 0 Å². The molecule has 0 spiro atoms. The van der Waals surface area contributed by atoms with Crippen molar-refractivity contribution in [2.75, 3.05) is 6.61 Å². The van der Waals surface area contributed by atoms with Gasteiger partial charge in [-0.3, -0.25) is 4.79 Å². The summed E-state index contributed by atoms with van der Waals surface area (Å²) in [6, 6.07) is 9.43. The smallest absolute Gasteiger partial charge is 0.306 e. The van der Waals surface area contributed by atoms with E-state index in [0.717, 1.165) is 50.7 Å². The van der Waals surface area contributed by atoms with Crippen LogP contribution < -0.4 is 4.74 Å². The van der Waals surface area contributed by atoms with Crippen LogP contribution >= 0.6 is 11.8 Å². The van der Waals surface area contributed by atoms with Crippen LogP contribution in [0.15, 0.2) is 42.5 Å². The maximum atomic E-state index is 11.4. The number of ether oxygens (including phenoxy) is 1. The summed E-state index contributed by atoms with van der Waals surface area (Å²) >= 11 is 1.95. The highest BCUT2D eigenvalue weighted by Crippen LogP contribution is 2.49. The lowest BCUT2D eigenvalue weighted by molar-refractivity contribution is -0.142. The number of fused-ring (bicyclic) bond motifs is 1. The van der Waals surface area contributed by atoms with E-state index >= 15 is 0 Å². The monoisotopic (exact) mass is 448 g/mol. The molecule has 1 heterocycles. The van der Waals surface area contributed by atoms with Crippen molar-refractivity contribution in [3.05, 3.63) is 42.5 Å². The van der Waals surface area contributed by atoms with E-state index in [2.05, 4.69) is 0 Å². The van der Waals surface area contributed by atoms with Crippen LogP contribution in [0, 0.1) is 17.8 Å². The van der Waals surface area contributed by atoms with Crippen molar-refractivity contribution < 1.29 is 24.9 Å². The molecule has 1 aromatic carbocycles. The average molecular weight is 449 g/mol. The molecule has 3 N–H and O–H groups in total. The molecule has 6 heteroatoms. The van der Waals surface area contributed by atoms with Crippen molar-refractivity contribution >= 4 is 17.7 Å². The lowest BCUT2D eigenvalue weighted by Crippen LogP contribution is -2.27. The summed E-state index contributed by atoms with van der Waals surface area (Å²) in [5.74, 6) is 0.316. The zero-order valence-electron chi connectivity index (χ0n) is 18.3. The van der Waals surface area contributed by atoms with Crippen molar-refractivity contribution in [2.45, 2.75) is 74.6 Å². The molecule has 7 atom stereocenters. The van der Waals surface area contributed by atoms with E-state index in [0.29, 0.717) is 16.4 Å². The molecule has 1 unspecified atom stereocenters. The largest absolute Gasteiger partial charge is 0.491 e. The third-order valence-electron chi connectivity index (χ3n) is 6.62. The van der Waals surface area contributed by atoms with Gasteiger partial charge in [0.2, 0.25) is 0 Å². The number of hydrogen-bond acceptors (Lipinski definition) is 5. The summed E-state index contributed by atoms with van der Waals surface area (Å²) in [4.78, 5) is 11.4. The fraction of sp³-hybridized carbons (Fsp3) is 0.640. The molecule has 1 aliphatic heterocycles. The minimum absolute atomic E-state index is 0.0664. The van der Waals surface area contributed by atoms with E-state index in [-0.39, 0.29) is 24.5 Å². The normalized spacial score (nSPS) is 30.1. The molecule has 31 heavy (non-hydrogen) atoms. The molecule has 172 valence electrons. The highest BCUT2D eigenvalue weighted by atomic mass is 32.2. The molecule has 1 aromatic rings. The Bertz CT molecular complexity index is 709. The fourth-order valence-electron chi connectivity index (χ4n) is 4.95. The van der Waals surface area contributed by atoms with Gasteiger partial charge in [-0.15, -0.1) is 0 Å². The predicted molar refractivity (Wildman–Crippen MR) is 124 cm³/mol. The van der Waals surface area contributed by atoms with E-state index in [9.17, 15) is 20.1 Å². The predicted octanol–water partition coefficient (Wildman–Crippen LogP) is 4.52. The van der Waals surface area contributed by atoms with Crippen molar-refractivity contribution in [1.29, 1.82) is 0 Å². The van der Waals surface area contributed by atoms with Crippen LogP contribution in [0.25, 0.3) is 0 Å². The second-order valence-corrected chi connectivity index (χ2v) is 10.4. The molecule has 0 aromatic heterocycles. The maximum absolute atomic E-state index is 11.4. The Balaban J connectivity index is 1.46. The molecule has 0 radical (unpaired) electrons. The number of aliphatic carboxylic acids is 1. The number of rotatable bonds is 11. The van der Waals surface area contributed by atoms with Gasteiger partial charge in [0.15, 0.2) is 0 Å². The number of carboxylic acid groups (broad SMARTS) is 1. The van der Waals surface area contributed by atoms with Crippen LogP contribution in [-0.4, -0.2) is 50.6 Å². The minimum Gasteiger partial charge on any atom is -0.491 e. The molecule has 3 rings (SSSR count). The molecule has 0 amide bonds. The van der Waals surface area contributed by atoms with Crippen molar-refractivity contribution in [2.24, 2.45) is 17.8 Å². The van der Waals surface area contributed by atoms with Crippen molar-refractivity contribution in [1.82, 2.24) is 0 Å². The summed E-state index contributed by atoms with van der Waals surface area (Å²) in [5, 5.41) is 31.2. The quantitative estimate of drug-likeness (QED) is 0.431. The van der Waals surface area contributed by atoms with Gasteiger partial charge in [-0.25, -0.2) is 0 Å². The standard InChI is InChI=1S/C25H36O5S/c1-2-6-17(25(28)29)9-11-20-12-14-22-21(23(27)15-24(22)31-20)13-10-18(26)16-30-19-7-4-3-5-8-19/h3-5,7-8,10,13,17-18,20-24,26-27H,2,6,9,11-12,14-16H2,1H3,(H,28,29)/b13-10+/t17?,18-,20+,21-,22-,23-,24+/m1/s1. The number of para-hydroxylation sites is 1. The second kappa shape index (κ2) is 11.9. The molecular formula is C25H36O5S. The Morgan fingerprint density at radius 2 is 2.03 bits per heavy atom. The highest BCUT2D eigenvalue weighted by molar-refractivity contribution is 8.00. The van der Waals surface area contributed by atoms with Gasteiger partial charge in [-0.05, 0) is 56.6 Å². The van der Waals surface area contributed by atoms with Crippen LogP contribution in [0.4, 0.5) is 0 Å². The second-order valence-electron chi connectivity index (χ2n) is 8.90. The van der Waals surface area contributed by atoms with Gasteiger partial charge in [-0.1, -0.05) is 43.7 Å². The first kappa shape index (κ1) is 24.1. The Labute approximate surface area is 189 Å². The minimum atomic E-state index is -0.707. The maximum Gasteiger partial charge on any atom is 0.306 e. The molecular weight excluding hydrogens is 412 g/mol. The van der Waals surface area contributed by atoms with Gasteiger partial charge in [0.25, 0.3) is 0 Å². The molecule has 2 aliphatic rings. The summed E-state index contributed by atoms with van der Waals surface area (Å²) < 4.78 is 5.60. The third-order valence-corrected chi connectivity index (χ3v) is 8.37. The van der Waals surface area contributed by atoms with Crippen LogP contribution in [0.2, 0.25) is 0 Å². The SMILES string of the molecule is CCCC(CC[C@H]1CC[C@@H]2[C@@H](/C=C/[C@@H](O)COc3ccccc3)[C@H](O)C[C@@H]2S1)C(=O)O. The number of thioether (sulfide) groups is 1. The molecule has 1 saturated heterocycles. The first-order valence-electron chi connectivity index (χ1n) is 11.6. The molecule has 1 saturated carbocycles. The summed E-state index contributed by atoms with van der Waals surface area (Å²) in [6.07, 6.45) is 8.90. The van der Waals surface area contributed by atoms with Crippen LogP contribution in [0.1, 0.15) is 51.9 Å². The number of aliphatic hydroxyl groups excluding tert-OH is 2. The Morgan fingerprint density at radius 3 is 2.74 bits per heavy atom. The van der Waals surface area contributed by atoms with E-state index in [1.54, 1.807) is 6.08 Å². The van der Waals surface area contributed by atoms with Gasteiger partial charge < -0.3 is 20.1 Å². The highest BCUT2D eigenvalue weighted by Gasteiger charge is 2.44. The van der Waals surface area contributed by atoms with Crippen molar-refractivity contribution in [3.63, 3.8) is 0 Å². The summed E-state index contributed by atoms with van der Waals surface area (Å²) in [6.45, 7) is 2.23. The van der Waals surface area contributed by atoms with E-state index < -0.39 is 12.1 Å². The first-order valence-corrected chi connectivity index (χ1v) is 12.5. The Morgan fingerprint density at radius 1 is 1.26 bits per heavy atom. The van der Waals surface area contributed by atoms with Gasteiger partial charge in [0.1, 0.15) is 18.5 Å². The number of carbonyl (C=O) groups is 1. The van der Waals surface area contributed by atoms with Gasteiger partial charge in [-0.2, -0.15) is 11.8 Å². The molecule has 1 aliphatic carbocycles. The Hall–Kier alpha value is -1.50. The number of hydrogen-bond donors (Lipinski definition) is 3. The van der Waals surface area contributed by atoms with E-state index in [1.807, 2.05) is 55.1 Å². The zero-order valence-corrected chi connectivity index (χ0v) is 19.1. The lowest BCUT2D eigenvalue weighted by Gasteiger charge is -2.33. The Kier molecular flexibility index (Phi) is 9.30.